The van der Waals surface area contributed by atoms with E-state index in [2.05, 4.69) is 16.4 Å². The van der Waals surface area contributed by atoms with Crippen molar-refractivity contribution in [3.05, 3.63) is 38.9 Å². The number of nitro groups is 1. The van der Waals surface area contributed by atoms with Crippen molar-refractivity contribution in [2.45, 2.75) is 43.8 Å². The Balaban J connectivity index is 1.45. The Kier molecular flexibility index (Phi) is 6.34. The smallest absolute Gasteiger partial charge is 0.312 e. The molecule has 0 unspecified atom stereocenters. The molecule has 2 heterocycles. The number of methoxy groups -OCH3 is 1. The van der Waals surface area contributed by atoms with Crippen LogP contribution in [0.4, 0.5) is 5.69 Å². The molecule has 174 valence electrons. The van der Waals surface area contributed by atoms with E-state index in [1.807, 2.05) is 4.68 Å². The molecule has 1 aromatic carbocycles. The lowest BCUT2D eigenvalue weighted by Gasteiger charge is -2.33. The highest BCUT2D eigenvalue weighted by atomic mass is 32.2. The Labute approximate surface area is 191 Å². The summed E-state index contributed by atoms with van der Waals surface area (Å²) < 4.78 is 37.0. The van der Waals surface area contributed by atoms with Crippen molar-refractivity contribution < 1.29 is 18.1 Å². The van der Waals surface area contributed by atoms with Gasteiger partial charge in [0.2, 0.25) is 10.0 Å². The number of hydrogen-bond acceptors (Lipinski definition) is 8. The number of benzene rings is 1. The standard InChI is InChI=1S/C19H26N6O5S2/c1-3-23-18(14-4-5-14)20-24(19(23)31)13-21-8-10-22(11-9-21)32(28,29)15-6-7-17(30-2)16(12-15)25(26)27/h6-7,12,14H,3-5,8-11,13H2,1-2H3. The van der Waals surface area contributed by atoms with Gasteiger partial charge in [0, 0.05) is 44.7 Å². The molecule has 0 amide bonds. The van der Waals surface area contributed by atoms with E-state index in [0.29, 0.717) is 30.4 Å². The van der Waals surface area contributed by atoms with Crippen LogP contribution < -0.4 is 4.74 Å². The molecule has 2 aromatic rings. The van der Waals surface area contributed by atoms with Crippen molar-refractivity contribution in [2.75, 3.05) is 33.3 Å². The number of rotatable bonds is 8. The van der Waals surface area contributed by atoms with Crippen molar-refractivity contribution in [3.63, 3.8) is 0 Å². The Morgan fingerprint density at radius 2 is 1.94 bits per heavy atom. The predicted molar refractivity (Wildman–Crippen MR) is 119 cm³/mol. The summed E-state index contributed by atoms with van der Waals surface area (Å²) in [6.07, 6.45) is 2.29. The molecular formula is C19H26N6O5S2. The van der Waals surface area contributed by atoms with Crippen molar-refractivity contribution in [3.8, 4) is 5.75 Å². The third-order valence-electron chi connectivity index (χ3n) is 5.86. The predicted octanol–water partition coefficient (Wildman–Crippen LogP) is 2.19. The van der Waals surface area contributed by atoms with Gasteiger partial charge in [0.15, 0.2) is 10.5 Å². The molecule has 0 spiro atoms. The number of nitro benzene ring substituents is 1. The Morgan fingerprint density at radius 1 is 1.25 bits per heavy atom. The number of nitrogens with zero attached hydrogens (tertiary/aromatic N) is 6. The molecule has 1 aliphatic carbocycles. The SMILES string of the molecule is CCn1c(C2CC2)nn(CN2CCN(S(=O)(=O)c3ccc(OC)c([N+](=O)[O-])c3)CC2)c1=S. The second-order valence-corrected chi connectivity index (χ2v) is 10.2. The maximum absolute atomic E-state index is 13.1. The first kappa shape index (κ1) is 22.8. The fraction of sp³-hybridized carbons (Fsp3) is 0.579. The second-order valence-electron chi connectivity index (χ2n) is 7.91. The minimum Gasteiger partial charge on any atom is -0.490 e. The number of hydrogen-bond donors (Lipinski definition) is 0. The molecule has 13 heteroatoms. The first-order valence-electron chi connectivity index (χ1n) is 10.5. The fourth-order valence-electron chi connectivity index (χ4n) is 3.91. The normalized spacial score (nSPS) is 18.1. The molecule has 11 nitrogen and oxygen atoms in total. The van der Waals surface area contributed by atoms with Gasteiger partial charge in [-0.3, -0.25) is 15.0 Å². The largest absolute Gasteiger partial charge is 0.490 e. The van der Waals surface area contributed by atoms with Gasteiger partial charge in [0.05, 0.1) is 23.6 Å². The first-order valence-corrected chi connectivity index (χ1v) is 12.3. The zero-order valence-corrected chi connectivity index (χ0v) is 19.6. The highest BCUT2D eigenvalue weighted by Crippen LogP contribution is 2.39. The topological polar surface area (TPSA) is 116 Å². The maximum atomic E-state index is 13.1. The molecule has 2 fully saturated rings. The molecule has 0 radical (unpaired) electrons. The summed E-state index contributed by atoms with van der Waals surface area (Å²) >= 11 is 5.59. The minimum absolute atomic E-state index is 0.0209. The van der Waals surface area contributed by atoms with E-state index in [1.165, 1.54) is 23.5 Å². The molecule has 32 heavy (non-hydrogen) atoms. The van der Waals surface area contributed by atoms with Gasteiger partial charge in [-0.2, -0.15) is 9.40 Å². The second kappa shape index (κ2) is 8.89. The molecule has 4 rings (SSSR count). The summed E-state index contributed by atoms with van der Waals surface area (Å²) in [4.78, 5) is 12.6. The molecule has 0 N–H and O–H groups in total. The molecular weight excluding hydrogens is 456 g/mol. The van der Waals surface area contributed by atoms with Crippen LogP contribution in [0.15, 0.2) is 23.1 Å². The van der Waals surface area contributed by atoms with Gasteiger partial charge in [0.1, 0.15) is 5.82 Å². The van der Waals surface area contributed by atoms with E-state index in [4.69, 9.17) is 22.1 Å². The van der Waals surface area contributed by atoms with Crippen molar-refractivity contribution in [1.29, 1.82) is 0 Å². The average molecular weight is 483 g/mol. The minimum atomic E-state index is -3.86. The average Bonchev–Trinajstić information content (AvgIpc) is 3.58. The van der Waals surface area contributed by atoms with Crippen molar-refractivity contribution in [1.82, 2.24) is 23.6 Å². The number of aromatic nitrogens is 3. The summed E-state index contributed by atoms with van der Waals surface area (Å²) in [5, 5.41) is 16.0. The van der Waals surface area contributed by atoms with E-state index in [-0.39, 0.29) is 29.4 Å². The van der Waals surface area contributed by atoms with E-state index >= 15 is 0 Å². The van der Waals surface area contributed by atoms with Gasteiger partial charge in [-0.25, -0.2) is 13.1 Å². The van der Waals surface area contributed by atoms with Crippen LogP contribution in [-0.2, 0) is 23.2 Å². The lowest BCUT2D eigenvalue weighted by Crippen LogP contribution is -2.48. The Morgan fingerprint density at radius 3 is 2.50 bits per heavy atom. The highest BCUT2D eigenvalue weighted by Gasteiger charge is 2.32. The molecule has 2 aliphatic rings. The van der Waals surface area contributed by atoms with Gasteiger partial charge < -0.3 is 9.30 Å². The number of ether oxygens (including phenoxy) is 1. The molecule has 0 atom stereocenters. The first-order chi connectivity index (χ1) is 15.3. The van der Waals surface area contributed by atoms with Crippen LogP contribution in [0.25, 0.3) is 0 Å². The third-order valence-corrected chi connectivity index (χ3v) is 8.19. The van der Waals surface area contributed by atoms with Crippen molar-refractivity contribution >= 4 is 27.9 Å². The monoisotopic (exact) mass is 482 g/mol. The number of sulfonamides is 1. The van der Waals surface area contributed by atoms with Crippen LogP contribution in [0.3, 0.4) is 0 Å². The summed E-state index contributed by atoms with van der Waals surface area (Å²) in [7, 11) is -2.55. The quantitative estimate of drug-likeness (QED) is 0.319. The van der Waals surface area contributed by atoms with Crippen LogP contribution >= 0.6 is 12.2 Å². The summed E-state index contributed by atoms with van der Waals surface area (Å²) in [5.41, 5.74) is -0.375. The third kappa shape index (κ3) is 4.29. The van der Waals surface area contributed by atoms with E-state index in [0.717, 1.165) is 31.3 Å². The highest BCUT2D eigenvalue weighted by molar-refractivity contribution is 7.89. The van der Waals surface area contributed by atoms with Crippen LogP contribution in [-0.4, -0.2) is 70.2 Å². The van der Waals surface area contributed by atoms with Gasteiger partial charge in [0.25, 0.3) is 0 Å². The zero-order chi connectivity index (χ0) is 23.0. The van der Waals surface area contributed by atoms with Crippen LogP contribution in [0.1, 0.15) is 31.5 Å². The summed E-state index contributed by atoms with van der Waals surface area (Å²) in [5.74, 6) is 1.56. The molecule has 1 saturated carbocycles. The Hall–Kier alpha value is -2.35. The fourth-order valence-corrected chi connectivity index (χ4v) is 5.68. The lowest BCUT2D eigenvalue weighted by molar-refractivity contribution is -0.386. The summed E-state index contributed by atoms with van der Waals surface area (Å²) in [6.45, 7) is 4.92. The summed E-state index contributed by atoms with van der Waals surface area (Å²) in [6, 6.07) is 3.70. The van der Waals surface area contributed by atoms with Gasteiger partial charge in [-0.15, -0.1) is 0 Å². The van der Waals surface area contributed by atoms with Crippen LogP contribution in [0, 0.1) is 14.9 Å². The van der Waals surface area contributed by atoms with Crippen LogP contribution in [0.2, 0.25) is 0 Å². The molecule has 0 bridgehead atoms. The van der Waals surface area contributed by atoms with Crippen molar-refractivity contribution in [2.24, 2.45) is 0 Å². The van der Waals surface area contributed by atoms with Crippen LogP contribution in [0.5, 0.6) is 5.75 Å². The maximum Gasteiger partial charge on any atom is 0.312 e. The zero-order valence-electron chi connectivity index (χ0n) is 18.0. The molecule has 1 aliphatic heterocycles. The van der Waals surface area contributed by atoms with E-state index in [1.54, 1.807) is 0 Å². The lowest BCUT2D eigenvalue weighted by atomic mass is 10.3. The van der Waals surface area contributed by atoms with Gasteiger partial charge >= 0.3 is 5.69 Å². The molecule has 1 saturated heterocycles. The van der Waals surface area contributed by atoms with E-state index in [9.17, 15) is 18.5 Å². The Bertz CT molecular complexity index is 1180. The number of piperazine rings is 1. The van der Waals surface area contributed by atoms with Gasteiger partial charge in [-0.05, 0) is 44.1 Å². The molecule has 1 aromatic heterocycles. The van der Waals surface area contributed by atoms with E-state index < -0.39 is 14.9 Å². The van der Waals surface area contributed by atoms with Gasteiger partial charge in [-0.1, -0.05) is 0 Å².